The Morgan fingerprint density at radius 3 is 2.09 bits per heavy atom. The van der Waals surface area contributed by atoms with Crippen molar-refractivity contribution in [3.05, 3.63) is 74.9 Å². The fourth-order valence-corrected chi connectivity index (χ4v) is 4.41. The molecule has 0 saturated heterocycles. The number of Topliss-reactive ketones (excluding diaryl/α,β-unsaturated/α-hetero) is 1. The first kappa shape index (κ1) is 25.1. The van der Waals surface area contributed by atoms with Gasteiger partial charge < -0.3 is 19.7 Å². The Morgan fingerprint density at radius 2 is 1.59 bits per heavy atom. The summed E-state index contributed by atoms with van der Waals surface area (Å²) in [6.07, 6.45) is 6.79. The van der Waals surface area contributed by atoms with E-state index in [0.29, 0.717) is 0 Å². The maximum Gasteiger partial charge on any atom is 0.208 e. The fourth-order valence-electron chi connectivity index (χ4n) is 4.41. The standard InChI is InChI=1S/C28H32O6/c1-8-27(6,7)22-18(30)13-17(29)21-24(32)23-20(34-25(21)22)14-19(31)26(33)28(23,11-9-15(2)3)12-10-16(4)5/h8-10,13-14,29-31H,1,11-12H2,2-7H3. The van der Waals surface area contributed by atoms with Gasteiger partial charge in [0.05, 0.1) is 11.0 Å². The summed E-state index contributed by atoms with van der Waals surface area (Å²) in [7, 11) is 0. The van der Waals surface area contributed by atoms with Crippen LogP contribution in [0.15, 0.2) is 57.0 Å². The van der Waals surface area contributed by atoms with Crippen molar-refractivity contribution < 1.29 is 24.5 Å². The van der Waals surface area contributed by atoms with Crippen LogP contribution >= 0.6 is 0 Å². The molecule has 3 rings (SSSR count). The second-order valence-corrected chi connectivity index (χ2v) is 10.0. The first-order chi connectivity index (χ1) is 15.8. The van der Waals surface area contributed by atoms with E-state index < -0.39 is 33.6 Å². The molecule has 3 N–H and O–H groups in total. The van der Waals surface area contributed by atoms with Crippen LogP contribution in [0.1, 0.15) is 71.3 Å². The Hall–Kier alpha value is -3.54. The predicted molar refractivity (Wildman–Crippen MR) is 134 cm³/mol. The van der Waals surface area contributed by atoms with Crippen LogP contribution in [0, 0.1) is 0 Å². The Balaban J connectivity index is 2.56. The molecule has 0 spiro atoms. The topological polar surface area (TPSA) is 108 Å². The van der Waals surface area contributed by atoms with Gasteiger partial charge in [0.15, 0.2) is 5.76 Å². The summed E-state index contributed by atoms with van der Waals surface area (Å²) in [4.78, 5) is 27.5. The Labute approximate surface area is 199 Å². The first-order valence-corrected chi connectivity index (χ1v) is 11.2. The van der Waals surface area contributed by atoms with Gasteiger partial charge in [0.25, 0.3) is 0 Å². The molecule has 0 radical (unpaired) electrons. The van der Waals surface area contributed by atoms with Gasteiger partial charge in [-0.2, -0.15) is 0 Å². The van der Waals surface area contributed by atoms with Crippen molar-refractivity contribution in [3.8, 4) is 11.5 Å². The molecule has 0 saturated carbocycles. The highest BCUT2D eigenvalue weighted by atomic mass is 16.3. The molecule has 6 heteroatoms. The third-order valence-electron chi connectivity index (χ3n) is 6.44. The molecule has 0 unspecified atom stereocenters. The van der Waals surface area contributed by atoms with Crippen molar-refractivity contribution in [2.24, 2.45) is 0 Å². The van der Waals surface area contributed by atoms with Gasteiger partial charge in [-0.05, 0) is 40.5 Å². The highest BCUT2D eigenvalue weighted by Gasteiger charge is 2.48. The van der Waals surface area contributed by atoms with E-state index in [0.717, 1.165) is 23.3 Å². The summed E-state index contributed by atoms with van der Waals surface area (Å²) in [6, 6.07) is 1.11. The number of ketones is 1. The van der Waals surface area contributed by atoms with Crippen LogP contribution < -0.4 is 5.43 Å². The number of hydrogen-bond donors (Lipinski definition) is 3. The molecule has 1 aliphatic carbocycles. The summed E-state index contributed by atoms with van der Waals surface area (Å²) in [5, 5.41) is 31.8. The average molecular weight is 465 g/mol. The number of fused-ring (bicyclic) bond motifs is 2. The molecule has 1 aliphatic rings. The molecule has 180 valence electrons. The van der Waals surface area contributed by atoms with E-state index in [4.69, 9.17) is 4.42 Å². The van der Waals surface area contributed by atoms with E-state index in [2.05, 4.69) is 6.58 Å². The molecule has 1 aromatic carbocycles. The number of hydrogen-bond acceptors (Lipinski definition) is 6. The van der Waals surface area contributed by atoms with Crippen molar-refractivity contribution in [2.75, 3.05) is 0 Å². The number of aliphatic hydroxyl groups is 1. The van der Waals surface area contributed by atoms with Crippen LogP contribution in [0.2, 0.25) is 0 Å². The zero-order valence-electron chi connectivity index (χ0n) is 20.6. The van der Waals surface area contributed by atoms with E-state index in [-0.39, 0.29) is 46.4 Å². The zero-order valence-corrected chi connectivity index (χ0v) is 20.6. The maximum absolute atomic E-state index is 14.0. The van der Waals surface area contributed by atoms with Crippen molar-refractivity contribution in [3.63, 3.8) is 0 Å². The lowest BCUT2D eigenvalue weighted by Crippen LogP contribution is -2.43. The number of aromatic hydroxyl groups is 2. The molecule has 0 bridgehead atoms. The van der Waals surface area contributed by atoms with Crippen molar-refractivity contribution in [1.29, 1.82) is 0 Å². The molecule has 2 aromatic rings. The van der Waals surface area contributed by atoms with Crippen molar-refractivity contribution in [1.82, 2.24) is 0 Å². The maximum atomic E-state index is 14.0. The van der Waals surface area contributed by atoms with Gasteiger partial charge in [-0.25, -0.2) is 0 Å². The van der Waals surface area contributed by atoms with Crippen molar-refractivity contribution in [2.45, 2.75) is 65.2 Å². The molecule has 0 fully saturated rings. The zero-order chi connectivity index (χ0) is 25.6. The molecule has 34 heavy (non-hydrogen) atoms. The number of rotatable bonds is 6. The number of phenolic OH excluding ortho intramolecular Hbond substituents is 2. The first-order valence-electron chi connectivity index (χ1n) is 11.2. The largest absolute Gasteiger partial charge is 0.507 e. The van der Waals surface area contributed by atoms with Crippen LogP contribution in [0.4, 0.5) is 0 Å². The lowest BCUT2D eigenvalue weighted by atomic mass is 9.67. The highest BCUT2D eigenvalue weighted by molar-refractivity contribution is 6.08. The summed E-state index contributed by atoms with van der Waals surface area (Å²) in [5.41, 5.74) is -0.534. The molecule has 0 aliphatic heterocycles. The van der Waals surface area contributed by atoms with Gasteiger partial charge >= 0.3 is 0 Å². The Bertz CT molecular complexity index is 1320. The number of benzene rings is 1. The minimum Gasteiger partial charge on any atom is -0.507 e. The summed E-state index contributed by atoms with van der Waals surface area (Å²) in [5.74, 6) is -1.75. The second kappa shape index (κ2) is 8.67. The Morgan fingerprint density at radius 1 is 1.03 bits per heavy atom. The number of phenols is 2. The number of carbonyl (C=O) groups is 1. The third kappa shape index (κ3) is 3.98. The molecule has 0 atom stereocenters. The summed E-state index contributed by atoms with van der Waals surface area (Å²) in [6.45, 7) is 14.9. The highest BCUT2D eigenvalue weighted by Crippen LogP contribution is 2.46. The molecule has 6 nitrogen and oxygen atoms in total. The Kier molecular flexibility index (Phi) is 6.40. The van der Waals surface area contributed by atoms with E-state index in [1.807, 2.05) is 39.8 Å². The normalized spacial score (nSPS) is 14.9. The second-order valence-electron chi connectivity index (χ2n) is 10.0. The molecule has 1 aromatic heterocycles. The molecule has 1 heterocycles. The van der Waals surface area contributed by atoms with Crippen LogP contribution in [-0.2, 0) is 15.6 Å². The minimum absolute atomic E-state index is 0.0112. The summed E-state index contributed by atoms with van der Waals surface area (Å²) < 4.78 is 6.14. The van der Waals surface area contributed by atoms with Crippen LogP contribution in [0.5, 0.6) is 11.5 Å². The monoisotopic (exact) mass is 464 g/mol. The van der Waals surface area contributed by atoms with Crippen LogP contribution in [-0.4, -0.2) is 21.1 Å². The SMILES string of the molecule is C=CC(C)(C)c1c(O)cc(O)c2c(=O)c3c(oc12)C=C(O)C(=O)C3(CC=C(C)C)CC=C(C)C. The van der Waals surface area contributed by atoms with Gasteiger partial charge in [-0.15, -0.1) is 6.58 Å². The third-order valence-corrected chi connectivity index (χ3v) is 6.44. The van der Waals surface area contributed by atoms with Gasteiger partial charge in [-0.1, -0.05) is 43.2 Å². The van der Waals surface area contributed by atoms with E-state index in [1.54, 1.807) is 19.9 Å². The van der Waals surface area contributed by atoms with E-state index in [1.165, 1.54) is 0 Å². The lowest BCUT2D eigenvalue weighted by molar-refractivity contribution is -0.123. The van der Waals surface area contributed by atoms with Gasteiger partial charge in [0.2, 0.25) is 11.2 Å². The summed E-state index contributed by atoms with van der Waals surface area (Å²) >= 11 is 0. The number of carbonyl (C=O) groups excluding carboxylic acids is 1. The predicted octanol–water partition coefficient (Wildman–Crippen LogP) is 6.10. The molecular weight excluding hydrogens is 432 g/mol. The van der Waals surface area contributed by atoms with Gasteiger partial charge in [-0.3, -0.25) is 9.59 Å². The fraction of sp³-hybridized carbons (Fsp3) is 0.357. The quantitative estimate of drug-likeness (QED) is 0.446. The van der Waals surface area contributed by atoms with Crippen LogP contribution in [0.25, 0.3) is 17.0 Å². The van der Waals surface area contributed by atoms with Crippen LogP contribution in [0.3, 0.4) is 0 Å². The molecular formula is C28H32O6. The lowest BCUT2D eigenvalue weighted by Gasteiger charge is -2.34. The van der Waals surface area contributed by atoms with E-state index >= 15 is 0 Å². The average Bonchev–Trinajstić information content (AvgIpc) is 2.73. The number of allylic oxidation sites excluding steroid dienone is 6. The van der Waals surface area contributed by atoms with Gasteiger partial charge in [0, 0.05) is 23.1 Å². The number of aliphatic hydroxyl groups excluding tert-OH is 1. The van der Waals surface area contributed by atoms with Gasteiger partial charge in [0.1, 0.15) is 28.2 Å². The minimum atomic E-state index is -1.41. The van der Waals surface area contributed by atoms with E-state index in [9.17, 15) is 24.9 Å². The smallest absolute Gasteiger partial charge is 0.208 e. The van der Waals surface area contributed by atoms with Crippen molar-refractivity contribution >= 4 is 22.8 Å². The molecule has 0 amide bonds.